The van der Waals surface area contributed by atoms with Crippen LogP contribution in [0.5, 0.6) is 0 Å². The van der Waals surface area contributed by atoms with Gasteiger partial charge in [0.2, 0.25) is 0 Å². The number of rotatable bonds is 2. The van der Waals surface area contributed by atoms with E-state index in [0.717, 1.165) is 18.1 Å². The van der Waals surface area contributed by atoms with E-state index < -0.39 is 0 Å². The van der Waals surface area contributed by atoms with Gasteiger partial charge in [-0.2, -0.15) is 0 Å². The first-order valence-corrected chi connectivity index (χ1v) is 6.19. The van der Waals surface area contributed by atoms with Gasteiger partial charge >= 0.3 is 0 Å². The molecule has 3 rings (SSSR count). The first-order valence-electron chi connectivity index (χ1n) is 6.19. The van der Waals surface area contributed by atoms with Crippen LogP contribution >= 0.6 is 0 Å². The Balaban J connectivity index is 2.01. The van der Waals surface area contributed by atoms with E-state index in [4.69, 9.17) is 0 Å². The zero-order valence-electron chi connectivity index (χ0n) is 9.61. The zero-order chi connectivity index (χ0) is 10.4. The highest BCUT2D eigenvalue weighted by Gasteiger charge is 2.44. The molecule has 0 aromatic heterocycles. The molecule has 0 N–H and O–H groups in total. The van der Waals surface area contributed by atoms with E-state index in [9.17, 15) is 0 Å². The summed E-state index contributed by atoms with van der Waals surface area (Å²) in [4.78, 5) is 2.74. The van der Waals surface area contributed by atoms with Gasteiger partial charge in [-0.15, -0.1) is 0 Å². The van der Waals surface area contributed by atoms with Gasteiger partial charge in [0.05, 0.1) is 0 Å². The molecule has 1 heteroatoms. The van der Waals surface area contributed by atoms with Crippen molar-refractivity contribution in [2.45, 2.75) is 51.2 Å². The summed E-state index contributed by atoms with van der Waals surface area (Å²) in [6, 6.07) is 11.2. The molecule has 15 heavy (non-hydrogen) atoms. The number of hydrogen-bond donors (Lipinski definition) is 0. The molecule has 2 aliphatic rings. The molecule has 0 amide bonds. The van der Waals surface area contributed by atoms with Crippen LogP contribution in [0.15, 0.2) is 24.3 Å². The molecule has 0 spiro atoms. The molecule has 1 aromatic carbocycles. The number of nitrogens with zero attached hydrogens (tertiary/aromatic N) is 1. The highest BCUT2D eigenvalue weighted by molar-refractivity contribution is 5.40. The lowest BCUT2D eigenvalue weighted by Gasteiger charge is -2.28. The highest BCUT2D eigenvalue weighted by Crippen LogP contribution is 2.53. The van der Waals surface area contributed by atoms with Gasteiger partial charge in [-0.1, -0.05) is 31.2 Å². The fourth-order valence-electron chi connectivity index (χ4n) is 3.41. The van der Waals surface area contributed by atoms with Crippen LogP contribution in [0.25, 0.3) is 0 Å². The summed E-state index contributed by atoms with van der Waals surface area (Å²) in [6.45, 7) is 4.67. The molecule has 2 heterocycles. The summed E-state index contributed by atoms with van der Waals surface area (Å²) >= 11 is 0. The predicted molar refractivity (Wildman–Crippen MR) is 62.8 cm³/mol. The lowest BCUT2D eigenvalue weighted by Crippen LogP contribution is -2.29. The quantitative estimate of drug-likeness (QED) is 0.705. The average molecular weight is 201 g/mol. The van der Waals surface area contributed by atoms with Crippen LogP contribution in [0.2, 0.25) is 0 Å². The number of fused-ring (bicyclic) bond motifs is 5. The maximum Gasteiger partial charge on any atom is 0.0361 e. The number of hydrogen-bond acceptors (Lipinski definition) is 1. The third-order valence-electron chi connectivity index (χ3n) is 4.25. The smallest absolute Gasteiger partial charge is 0.0361 e. The minimum Gasteiger partial charge on any atom is -0.287 e. The zero-order valence-corrected chi connectivity index (χ0v) is 9.61. The molecule has 1 aromatic rings. The standard InChI is InChI=1S/C14H19N/c1-3-10(2)15-13-8-9-14(15)12-7-5-4-6-11(12)13/h4-7,10,13-14H,3,8-9H2,1-2H3. The summed E-state index contributed by atoms with van der Waals surface area (Å²) in [7, 11) is 0. The molecule has 80 valence electrons. The SMILES string of the molecule is CCC(C)N1C2CCC1c1ccccc12. The van der Waals surface area contributed by atoms with Crippen molar-refractivity contribution in [3.05, 3.63) is 35.4 Å². The van der Waals surface area contributed by atoms with Crippen molar-refractivity contribution in [1.29, 1.82) is 0 Å². The molecular weight excluding hydrogens is 182 g/mol. The Bertz CT molecular complexity index is 340. The summed E-state index contributed by atoms with van der Waals surface area (Å²) in [5.41, 5.74) is 3.21. The molecule has 0 aliphatic carbocycles. The van der Waals surface area contributed by atoms with Gasteiger partial charge < -0.3 is 0 Å². The second-order valence-corrected chi connectivity index (χ2v) is 4.94. The van der Waals surface area contributed by atoms with E-state index >= 15 is 0 Å². The first kappa shape index (κ1) is 9.41. The minimum atomic E-state index is 0.723. The molecule has 1 fully saturated rings. The van der Waals surface area contributed by atoms with Crippen molar-refractivity contribution in [2.24, 2.45) is 0 Å². The minimum absolute atomic E-state index is 0.723. The Labute approximate surface area is 92.1 Å². The van der Waals surface area contributed by atoms with Gasteiger partial charge in [-0.3, -0.25) is 4.90 Å². The molecule has 1 nitrogen and oxygen atoms in total. The topological polar surface area (TPSA) is 3.24 Å². The van der Waals surface area contributed by atoms with E-state index in [0.29, 0.717) is 0 Å². The van der Waals surface area contributed by atoms with E-state index in [1.807, 2.05) is 0 Å². The van der Waals surface area contributed by atoms with Crippen molar-refractivity contribution >= 4 is 0 Å². The lowest BCUT2D eigenvalue weighted by molar-refractivity contribution is 0.158. The summed E-state index contributed by atoms with van der Waals surface area (Å²) in [5, 5.41) is 0. The summed E-state index contributed by atoms with van der Waals surface area (Å²) < 4.78 is 0. The Kier molecular flexibility index (Phi) is 2.10. The van der Waals surface area contributed by atoms with Crippen LogP contribution in [-0.2, 0) is 0 Å². The summed E-state index contributed by atoms with van der Waals surface area (Å²) in [6.07, 6.45) is 4.00. The van der Waals surface area contributed by atoms with Crippen LogP contribution in [0, 0.1) is 0 Å². The van der Waals surface area contributed by atoms with Gasteiger partial charge in [-0.25, -0.2) is 0 Å². The van der Waals surface area contributed by atoms with Gasteiger partial charge in [0.15, 0.2) is 0 Å². The first-order chi connectivity index (χ1) is 7.33. The summed E-state index contributed by atoms with van der Waals surface area (Å²) in [5.74, 6) is 0. The van der Waals surface area contributed by atoms with E-state index in [1.54, 1.807) is 11.1 Å². The van der Waals surface area contributed by atoms with E-state index in [1.165, 1.54) is 19.3 Å². The van der Waals surface area contributed by atoms with Crippen molar-refractivity contribution < 1.29 is 0 Å². The highest BCUT2D eigenvalue weighted by atomic mass is 15.3. The van der Waals surface area contributed by atoms with Crippen LogP contribution in [0.3, 0.4) is 0 Å². The van der Waals surface area contributed by atoms with Gasteiger partial charge in [-0.05, 0) is 37.3 Å². The molecule has 2 aliphatic heterocycles. The Morgan fingerprint density at radius 1 is 1.20 bits per heavy atom. The normalized spacial score (nSPS) is 30.5. The molecule has 0 saturated carbocycles. The monoisotopic (exact) mass is 201 g/mol. The van der Waals surface area contributed by atoms with Crippen molar-refractivity contribution in [3.63, 3.8) is 0 Å². The molecular formula is C14H19N. The molecule has 1 saturated heterocycles. The third kappa shape index (κ3) is 1.19. The Hall–Kier alpha value is -0.820. The Morgan fingerprint density at radius 2 is 1.73 bits per heavy atom. The van der Waals surface area contributed by atoms with Crippen molar-refractivity contribution in [2.75, 3.05) is 0 Å². The fourth-order valence-corrected chi connectivity index (χ4v) is 3.41. The van der Waals surface area contributed by atoms with Crippen LogP contribution in [0.1, 0.15) is 56.3 Å². The van der Waals surface area contributed by atoms with Crippen LogP contribution < -0.4 is 0 Å². The fraction of sp³-hybridized carbons (Fsp3) is 0.571. The maximum absolute atomic E-state index is 2.74. The molecule has 0 radical (unpaired) electrons. The second kappa shape index (κ2) is 3.34. The van der Waals surface area contributed by atoms with Crippen molar-refractivity contribution in [1.82, 2.24) is 4.90 Å². The van der Waals surface area contributed by atoms with E-state index in [2.05, 4.69) is 43.0 Å². The van der Waals surface area contributed by atoms with Crippen molar-refractivity contribution in [3.8, 4) is 0 Å². The van der Waals surface area contributed by atoms with Crippen LogP contribution in [0.4, 0.5) is 0 Å². The van der Waals surface area contributed by atoms with Gasteiger partial charge in [0.25, 0.3) is 0 Å². The average Bonchev–Trinajstić information content (AvgIpc) is 2.84. The molecule has 3 atom stereocenters. The lowest BCUT2D eigenvalue weighted by atomic mass is 9.92. The third-order valence-corrected chi connectivity index (χ3v) is 4.25. The van der Waals surface area contributed by atoms with Gasteiger partial charge in [0, 0.05) is 18.1 Å². The van der Waals surface area contributed by atoms with Gasteiger partial charge in [0.1, 0.15) is 0 Å². The maximum atomic E-state index is 2.74. The largest absolute Gasteiger partial charge is 0.287 e. The Morgan fingerprint density at radius 3 is 2.20 bits per heavy atom. The second-order valence-electron chi connectivity index (χ2n) is 4.94. The van der Waals surface area contributed by atoms with E-state index in [-0.39, 0.29) is 0 Å². The molecule has 2 bridgehead atoms. The van der Waals surface area contributed by atoms with Crippen LogP contribution in [-0.4, -0.2) is 10.9 Å². The number of benzene rings is 1. The predicted octanol–water partition coefficient (Wildman–Crippen LogP) is 3.68. The molecule has 3 unspecified atom stereocenters.